The van der Waals surface area contributed by atoms with Gasteiger partial charge in [-0.3, -0.25) is 4.79 Å². The van der Waals surface area contributed by atoms with Gasteiger partial charge in [0.05, 0.1) is 24.2 Å². The fraction of sp³-hybridized carbons (Fsp3) is 0.133. The van der Waals surface area contributed by atoms with Crippen LogP contribution in [-0.2, 0) is 17.8 Å². The van der Waals surface area contributed by atoms with Crippen LogP contribution in [0, 0.1) is 0 Å². The fourth-order valence-electron chi connectivity index (χ4n) is 2.33. The second-order valence-corrected chi connectivity index (χ2v) is 5.82. The number of thiophene rings is 1. The molecule has 2 N–H and O–H groups in total. The normalized spacial score (nSPS) is 13.1. The van der Waals surface area contributed by atoms with E-state index in [-0.39, 0.29) is 17.9 Å². The Balaban J connectivity index is 1.79. The number of carboxylic acid groups (broad SMARTS) is 1. The first kappa shape index (κ1) is 14.3. The Morgan fingerprint density at radius 1 is 1.32 bits per heavy atom. The largest absolute Gasteiger partial charge is 0.478 e. The Labute approximate surface area is 130 Å². The van der Waals surface area contributed by atoms with E-state index in [2.05, 4.69) is 5.32 Å². The van der Waals surface area contributed by atoms with Crippen molar-refractivity contribution in [3.63, 3.8) is 0 Å². The highest BCUT2D eigenvalue weighted by molar-refractivity contribution is 7.09. The van der Waals surface area contributed by atoms with Gasteiger partial charge in [0.2, 0.25) is 5.91 Å². The van der Waals surface area contributed by atoms with Crippen molar-refractivity contribution in [1.29, 1.82) is 0 Å². The molecule has 3 amide bonds. The van der Waals surface area contributed by atoms with E-state index < -0.39 is 12.0 Å². The molecular formula is C15H12N2O4S. The van der Waals surface area contributed by atoms with Crippen molar-refractivity contribution in [3.05, 3.63) is 51.7 Å². The molecule has 0 saturated heterocycles. The minimum Gasteiger partial charge on any atom is -0.478 e. The quantitative estimate of drug-likeness (QED) is 0.909. The molecule has 112 valence electrons. The van der Waals surface area contributed by atoms with Crippen LogP contribution in [0.1, 0.15) is 20.8 Å². The smallest absolute Gasteiger partial charge is 0.335 e. The summed E-state index contributed by atoms with van der Waals surface area (Å²) in [5.41, 5.74) is 1.10. The summed E-state index contributed by atoms with van der Waals surface area (Å²) in [6.45, 7) is 0.350. The maximum absolute atomic E-state index is 12.2. The molecule has 1 aromatic heterocycles. The number of carbonyl (C=O) groups excluding carboxylic acids is 2. The van der Waals surface area contributed by atoms with Gasteiger partial charge in [-0.25, -0.2) is 14.5 Å². The molecule has 1 aromatic carbocycles. The lowest BCUT2D eigenvalue weighted by Gasteiger charge is -2.16. The Kier molecular flexibility index (Phi) is 3.64. The van der Waals surface area contributed by atoms with Crippen molar-refractivity contribution < 1.29 is 19.5 Å². The zero-order chi connectivity index (χ0) is 15.7. The SMILES string of the molecule is O=C(O)c1ccc2c(c1)CC(=O)N2C(=O)NCc1cccs1. The number of rotatable bonds is 3. The molecule has 6 nitrogen and oxygen atoms in total. The molecule has 3 rings (SSSR count). The van der Waals surface area contributed by atoms with Gasteiger partial charge in [0.1, 0.15) is 0 Å². The van der Waals surface area contributed by atoms with Crippen LogP contribution in [-0.4, -0.2) is 23.0 Å². The van der Waals surface area contributed by atoms with Crippen molar-refractivity contribution in [2.24, 2.45) is 0 Å². The highest BCUT2D eigenvalue weighted by Gasteiger charge is 2.32. The van der Waals surface area contributed by atoms with Gasteiger partial charge in [0.25, 0.3) is 0 Å². The number of carboxylic acids is 1. The van der Waals surface area contributed by atoms with E-state index in [0.717, 1.165) is 9.78 Å². The number of fused-ring (bicyclic) bond motifs is 1. The molecule has 2 heterocycles. The molecule has 0 spiro atoms. The van der Waals surface area contributed by atoms with Gasteiger partial charge in [-0.1, -0.05) is 6.07 Å². The average molecular weight is 316 g/mol. The van der Waals surface area contributed by atoms with Crippen molar-refractivity contribution >= 4 is 34.9 Å². The molecule has 7 heteroatoms. The lowest BCUT2D eigenvalue weighted by molar-refractivity contribution is -0.116. The van der Waals surface area contributed by atoms with Gasteiger partial charge in [0.15, 0.2) is 0 Å². The minimum absolute atomic E-state index is 0.0306. The Bertz CT molecular complexity index is 755. The van der Waals surface area contributed by atoms with Crippen LogP contribution in [0.2, 0.25) is 0 Å². The van der Waals surface area contributed by atoms with Crippen molar-refractivity contribution in [3.8, 4) is 0 Å². The maximum atomic E-state index is 12.2. The van der Waals surface area contributed by atoms with Crippen LogP contribution in [0.4, 0.5) is 10.5 Å². The zero-order valence-electron chi connectivity index (χ0n) is 11.4. The van der Waals surface area contributed by atoms with Crippen molar-refractivity contribution in [1.82, 2.24) is 5.32 Å². The molecule has 1 aliphatic rings. The monoisotopic (exact) mass is 316 g/mol. The molecule has 0 unspecified atom stereocenters. The summed E-state index contributed by atoms with van der Waals surface area (Å²) in [6.07, 6.45) is 0.0306. The summed E-state index contributed by atoms with van der Waals surface area (Å²) in [7, 11) is 0. The summed E-state index contributed by atoms with van der Waals surface area (Å²) in [6, 6.07) is 7.59. The number of hydrogen-bond donors (Lipinski definition) is 2. The number of carbonyl (C=O) groups is 3. The second-order valence-electron chi connectivity index (χ2n) is 4.79. The molecule has 0 radical (unpaired) electrons. The third-order valence-corrected chi connectivity index (χ3v) is 4.23. The Morgan fingerprint density at radius 2 is 2.14 bits per heavy atom. The van der Waals surface area contributed by atoms with Crippen LogP contribution < -0.4 is 10.2 Å². The highest BCUT2D eigenvalue weighted by Crippen LogP contribution is 2.30. The number of aromatic carboxylic acids is 1. The van der Waals surface area contributed by atoms with Crippen LogP contribution in [0.25, 0.3) is 0 Å². The number of nitrogens with zero attached hydrogens (tertiary/aromatic N) is 1. The number of anilines is 1. The molecule has 0 aliphatic carbocycles. The van der Waals surface area contributed by atoms with E-state index in [1.165, 1.54) is 29.5 Å². The Morgan fingerprint density at radius 3 is 2.82 bits per heavy atom. The predicted octanol–water partition coefficient (Wildman–Crippen LogP) is 2.25. The van der Waals surface area contributed by atoms with E-state index in [0.29, 0.717) is 17.8 Å². The van der Waals surface area contributed by atoms with E-state index in [1.807, 2.05) is 17.5 Å². The van der Waals surface area contributed by atoms with Gasteiger partial charge in [-0.15, -0.1) is 11.3 Å². The zero-order valence-corrected chi connectivity index (χ0v) is 12.2. The van der Waals surface area contributed by atoms with Crippen LogP contribution >= 0.6 is 11.3 Å². The Hall–Kier alpha value is -2.67. The lowest BCUT2D eigenvalue weighted by atomic mass is 10.1. The van der Waals surface area contributed by atoms with Gasteiger partial charge >= 0.3 is 12.0 Å². The highest BCUT2D eigenvalue weighted by atomic mass is 32.1. The van der Waals surface area contributed by atoms with Crippen molar-refractivity contribution in [2.75, 3.05) is 4.90 Å². The number of amides is 3. The third-order valence-electron chi connectivity index (χ3n) is 3.36. The molecule has 1 aliphatic heterocycles. The summed E-state index contributed by atoms with van der Waals surface area (Å²) >= 11 is 1.52. The standard InChI is InChI=1S/C15H12N2O4S/c18-13-7-10-6-9(14(19)20)3-4-12(10)17(13)15(21)16-8-11-2-1-5-22-11/h1-6H,7-8H2,(H,16,21)(H,19,20). The molecule has 0 fully saturated rings. The van der Waals surface area contributed by atoms with E-state index in [1.54, 1.807) is 0 Å². The first-order valence-corrected chi connectivity index (χ1v) is 7.43. The molecule has 22 heavy (non-hydrogen) atoms. The molecular weight excluding hydrogens is 304 g/mol. The van der Waals surface area contributed by atoms with Crippen LogP contribution in [0.15, 0.2) is 35.7 Å². The molecule has 2 aromatic rings. The first-order valence-electron chi connectivity index (χ1n) is 6.55. The number of hydrogen-bond acceptors (Lipinski definition) is 4. The first-order chi connectivity index (χ1) is 10.6. The van der Waals surface area contributed by atoms with Gasteiger partial charge in [0, 0.05) is 4.88 Å². The summed E-state index contributed by atoms with van der Waals surface area (Å²) in [5, 5.41) is 13.6. The lowest BCUT2D eigenvalue weighted by Crippen LogP contribution is -2.41. The second kappa shape index (κ2) is 5.61. The summed E-state index contributed by atoms with van der Waals surface area (Å²) < 4.78 is 0. The molecule has 0 atom stereocenters. The number of urea groups is 1. The van der Waals surface area contributed by atoms with Crippen molar-refractivity contribution in [2.45, 2.75) is 13.0 Å². The number of benzene rings is 1. The van der Waals surface area contributed by atoms with Gasteiger partial charge in [-0.05, 0) is 35.2 Å². The van der Waals surface area contributed by atoms with Crippen LogP contribution in [0.5, 0.6) is 0 Å². The topological polar surface area (TPSA) is 86.7 Å². The van der Waals surface area contributed by atoms with E-state index in [4.69, 9.17) is 5.11 Å². The van der Waals surface area contributed by atoms with E-state index in [9.17, 15) is 14.4 Å². The van der Waals surface area contributed by atoms with Gasteiger partial charge in [-0.2, -0.15) is 0 Å². The molecule has 0 saturated carbocycles. The summed E-state index contributed by atoms with van der Waals surface area (Å²) in [4.78, 5) is 37.3. The summed E-state index contributed by atoms with van der Waals surface area (Å²) in [5.74, 6) is -1.42. The van der Waals surface area contributed by atoms with Crippen LogP contribution in [0.3, 0.4) is 0 Å². The predicted molar refractivity (Wildman–Crippen MR) is 81.1 cm³/mol. The molecule has 0 bridgehead atoms. The fourth-order valence-corrected chi connectivity index (χ4v) is 2.98. The average Bonchev–Trinajstić information content (AvgIpc) is 3.10. The number of imide groups is 1. The van der Waals surface area contributed by atoms with Gasteiger partial charge < -0.3 is 10.4 Å². The third kappa shape index (κ3) is 2.58. The van der Waals surface area contributed by atoms with E-state index >= 15 is 0 Å². The minimum atomic E-state index is -1.06. The number of nitrogens with one attached hydrogen (secondary N) is 1. The maximum Gasteiger partial charge on any atom is 0.335 e.